The van der Waals surface area contributed by atoms with E-state index in [4.69, 9.17) is 4.74 Å². The number of thiophene rings is 1. The van der Waals surface area contributed by atoms with E-state index in [1.54, 1.807) is 18.1 Å². The Bertz CT molecular complexity index is 1120. The first-order valence-corrected chi connectivity index (χ1v) is 11.3. The summed E-state index contributed by atoms with van der Waals surface area (Å²) in [6.07, 6.45) is 0. The predicted molar refractivity (Wildman–Crippen MR) is 125 cm³/mol. The lowest BCUT2D eigenvalue weighted by Gasteiger charge is -2.34. The molecule has 168 valence electrons. The lowest BCUT2D eigenvalue weighted by atomic mass is 10.1. The van der Waals surface area contributed by atoms with Crippen LogP contribution in [0, 0.1) is 12.7 Å². The zero-order chi connectivity index (χ0) is 22.7. The summed E-state index contributed by atoms with van der Waals surface area (Å²) in [4.78, 5) is 29.9. The Morgan fingerprint density at radius 3 is 2.50 bits per heavy atom. The zero-order valence-corrected chi connectivity index (χ0v) is 19.0. The Hall–Kier alpha value is -2.81. The molecule has 3 aromatic rings. The second-order valence-corrected chi connectivity index (χ2v) is 8.99. The smallest absolute Gasteiger partial charge is 0.264 e. The van der Waals surface area contributed by atoms with Crippen molar-refractivity contribution in [2.45, 2.75) is 13.5 Å². The van der Waals surface area contributed by atoms with E-state index in [2.05, 4.69) is 5.32 Å². The topological polar surface area (TPSA) is 61.9 Å². The van der Waals surface area contributed by atoms with Gasteiger partial charge in [-0.15, -0.1) is 11.3 Å². The van der Waals surface area contributed by atoms with Crippen molar-refractivity contribution in [3.63, 3.8) is 0 Å². The number of methoxy groups -OCH3 is 1. The maximum Gasteiger partial charge on any atom is 0.264 e. The summed E-state index contributed by atoms with van der Waals surface area (Å²) in [7, 11) is 1.54. The monoisotopic (exact) mass is 455 g/mol. The minimum absolute atomic E-state index is 0.0732. The summed E-state index contributed by atoms with van der Waals surface area (Å²) in [5, 5.41) is 3.38. The SMILES string of the molecule is COCc1c(C(=O)N2CCN(CC(=O)Nc3ccc(C)cc3)CC2)sc2cccc(F)c12. The molecule has 8 heteroatoms. The summed E-state index contributed by atoms with van der Waals surface area (Å²) < 4.78 is 20.4. The van der Waals surface area contributed by atoms with E-state index in [-0.39, 0.29) is 30.8 Å². The van der Waals surface area contributed by atoms with Crippen LogP contribution in [0.15, 0.2) is 42.5 Å². The molecule has 0 saturated carbocycles. The maximum atomic E-state index is 14.4. The third-order valence-corrected chi connectivity index (χ3v) is 6.79. The highest BCUT2D eigenvalue weighted by molar-refractivity contribution is 7.21. The quantitative estimate of drug-likeness (QED) is 0.613. The minimum atomic E-state index is -0.339. The van der Waals surface area contributed by atoms with Crippen LogP contribution in [0.2, 0.25) is 0 Å². The average Bonchev–Trinajstić information content (AvgIpc) is 3.15. The lowest BCUT2D eigenvalue weighted by Crippen LogP contribution is -2.50. The highest BCUT2D eigenvalue weighted by atomic mass is 32.1. The van der Waals surface area contributed by atoms with Crippen LogP contribution in [-0.2, 0) is 16.1 Å². The molecule has 1 saturated heterocycles. The molecular formula is C24H26FN3O3S. The normalized spacial score (nSPS) is 14.7. The first-order valence-electron chi connectivity index (χ1n) is 10.5. The molecule has 0 unspecified atom stereocenters. The van der Waals surface area contributed by atoms with Crippen LogP contribution in [0.5, 0.6) is 0 Å². The number of carbonyl (C=O) groups excluding carboxylic acids is 2. The van der Waals surface area contributed by atoms with E-state index in [0.717, 1.165) is 16.0 Å². The van der Waals surface area contributed by atoms with Crippen molar-refractivity contribution in [1.82, 2.24) is 9.80 Å². The number of anilines is 1. The molecule has 1 N–H and O–H groups in total. The van der Waals surface area contributed by atoms with Crippen LogP contribution < -0.4 is 5.32 Å². The first kappa shape index (κ1) is 22.4. The molecule has 2 heterocycles. The van der Waals surface area contributed by atoms with Gasteiger partial charge in [-0.1, -0.05) is 23.8 Å². The van der Waals surface area contributed by atoms with Gasteiger partial charge in [0.2, 0.25) is 5.91 Å². The van der Waals surface area contributed by atoms with Gasteiger partial charge in [0, 0.05) is 54.6 Å². The zero-order valence-electron chi connectivity index (χ0n) is 18.2. The molecule has 32 heavy (non-hydrogen) atoms. The van der Waals surface area contributed by atoms with Gasteiger partial charge in [0.1, 0.15) is 5.82 Å². The van der Waals surface area contributed by atoms with Gasteiger partial charge < -0.3 is 15.0 Å². The predicted octanol–water partition coefficient (Wildman–Crippen LogP) is 3.89. The van der Waals surface area contributed by atoms with Crippen molar-refractivity contribution in [2.24, 2.45) is 0 Å². The minimum Gasteiger partial charge on any atom is -0.380 e. The van der Waals surface area contributed by atoms with Gasteiger partial charge in [-0.2, -0.15) is 0 Å². The number of fused-ring (bicyclic) bond motifs is 1. The number of hydrogen-bond donors (Lipinski definition) is 1. The van der Waals surface area contributed by atoms with E-state index in [9.17, 15) is 14.0 Å². The fraction of sp³-hybridized carbons (Fsp3) is 0.333. The third-order valence-electron chi connectivity index (χ3n) is 5.61. The third kappa shape index (κ3) is 4.82. The first-order chi connectivity index (χ1) is 15.5. The van der Waals surface area contributed by atoms with Crippen molar-refractivity contribution < 1.29 is 18.7 Å². The van der Waals surface area contributed by atoms with Crippen LogP contribution >= 0.6 is 11.3 Å². The summed E-state index contributed by atoms with van der Waals surface area (Å²) in [5.74, 6) is -0.522. The number of piperazine rings is 1. The van der Waals surface area contributed by atoms with Crippen LogP contribution in [-0.4, -0.2) is 61.4 Å². The molecule has 0 radical (unpaired) electrons. The van der Waals surface area contributed by atoms with Crippen LogP contribution in [0.3, 0.4) is 0 Å². The molecule has 2 amide bonds. The number of aryl methyl sites for hydroxylation is 1. The molecule has 0 spiro atoms. The second-order valence-electron chi connectivity index (χ2n) is 7.94. The number of nitrogens with one attached hydrogen (secondary N) is 1. The highest BCUT2D eigenvalue weighted by Crippen LogP contribution is 2.34. The Labute approximate surface area is 190 Å². The molecule has 2 aromatic carbocycles. The number of benzene rings is 2. The van der Waals surface area contributed by atoms with Gasteiger partial charge in [0.05, 0.1) is 18.0 Å². The number of rotatable bonds is 6. The Balaban J connectivity index is 1.38. The van der Waals surface area contributed by atoms with Crippen molar-refractivity contribution in [3.8, 4) is 0 Å². The van der Waals surface area contributed by atoms with Gasteiger partial charge >= 0.3 is 0 Å². The Morgan fingerprint density at radius 2 is 1.81 bits per heavy atom. The van der Waals surface area contributed by atoms with Crippen molar-refractivity contribution in [2.75, 3.05) is 45.2 Å². The van der Waals surface area contributed by atoms with Crippen molar-refractivity contribution >= 4 is 38.9 Å². The van der Waals surface area contributed by atoms with E-state index >= 15 is 0 Å². The van der Waals surface area contributed by atoms with Crippen molar-refractivity contribution in [1.29, 1.82) is 0 Å². The van der Waals surface area contributed by atoms with E-state index in [1.165, 1.54) is 17.4 Å². The van der Waals surface area contributed by atoms with Gasteiger partial charge in [0.15, 0.2) is 0 Å². The molecule has 1 aromatic heterocycles. The van der Waals surface area contributed by atoms with Gasteiger partial charge in [0.25, 0.3) is 5.91 Å². The average molecular weight is 456 g/mol. The largest absolute Gasteiger partial charge is 0.380 e. The number of ether oxygens (including phenoxy) is 1. The van der Waals surface area contributed by atoms with Gasteiger partial charge in [-0.3, -0.25) is 14.5 Å². The molecule has 0 atom stereocenters. The Morgan fingerprint density at radius 1 is 1.09 bits per heavy atom. The van der Waals surface area contributed by atoms with E-state index in [0.29, 0.717) is 42.0 Å². The molecule has 1 aliphatic heterocycles. The summed E-state index contributed by atoms with van der Waals surface area (Å²) in [6, 6.07) is 12.6. The highest BCUT2D eigenvalue weighted by Gasteiger charge is 2.28. The molecule has 1 fully saturated rings. The molecule has 0 aliphatic carbocycles. The standard InChI is InChI=1S/C24H26FN3O3S/c1-16-6-8-17(9-7-16)26-21(29)14-27-10-12-28(13-11-27)24(30)23-18(15-31-2)22-19(25)4-3-5-20(22)32-23/h3-9H,10-15H2,1-2H3,(H,26,29). The Kier molecular flexibility index (Phi) is 6.83. The number of amides is 2. The van der Waals surface area contributed by atoms with E-state index < -0.39 is 0 Å². The second kappa shape index (κ2) is 9.77. The number of hydrogen-bond acceptors (Lipinski definition) is 5. The molecule has 1 aliphatic rings. The molecule has 4 rings (SSSR count). The summed E-state index contributed by atoms with van der Waals surface area (Å²) in [6.45, 7) is 4.69. The molecular weight excluding hydrogens is 429 g/mol. The maximum absolute atomic E-state index is 14.4. The van der Waals surface area contributed by atoms with Gasteiger partial charge in [-0.05, 0) is 31.2 Å². The number of halogens is 1. The van der Waals surface area contributed by atoms with Crippen LogP contribution in [0.4, 0.5) is 10.1 Å². The van der Waals surface area contributed by atoms with Crippen LogP contribution in [0.25, 0.3) is 10.1 Å². The number of carbonyl (C=O) groups is 2. The fourth-order valence-electron chi connectivity index (χ4n) is 3.92. The number of nitrogens with zero attached hydrogens (tertiary/aromatic N) is 2. The fourth-order valence-corrected chi connectivity index (χ4v) is 5.11. The van der Waals surface area contributed by atoms with Crippen LogP contribution in [0.1, 0.15) is 20.8 Å². The lowest BCUT2D eigenvalue weighted by molar-refractivity contribution is -0.117. The van der Waals surface area contributed by atoms with Crippen molar-refractivity contribution in [3.05, 3.63) is 64.3 Å². The molecule has 0 bridgehead atoms. The van der Waals surface area contributed by atoms with Gasteiger partial charge in [-0.25, -0.2) is 4.39 Å². The van der Waals surface area contributed by atoms with E-state index in [1.807, 2.05) is 42.2 Å². The molecule has 6 nitrogen and oxygen atoms in total. The summed E-state index contributed by atoms with van der Waals surface area (Å²) in [5.41, 5.74) is 2.52. The summed E-state index contributed by atoms with van der Waals surface area (Å²) >= 11 is 1.30.